The van der Waals surface area contributed by atoms with E-state index < -0.39 is 24.0 Å². The Labute approximate surface area is 58.2 Å². The Morgan fingerprint density at radius 1 is 1.70 bits per heavy atom. The summed E-state index contributed by atoms with van der Waals surface area (Å²) >= 11 is 0. The molecular weight excluding hydrogens is 134 g/mol. The average Bonchev–Trinajstić information content (AvgIpc) is 2.43. The fourth-order valence-electron chi connectivity index (χ4n) is 0.925. The highest BCUT2D eigenvalue weighted by Gasteiger charge is 2.54. The number of hydrogen-bond donors (Lipinski definition) is 2. The molecule has 56 valence electrons. The van der Waals surface area contributed by atoms with Crippen LogP contribution in [0.25, 0.3) is 0 Å². The van der Waals surface area contributed by atoms with Gasteiger partial charge in [-0.25, -0.2) is 0 Å². The number of rotatable bonds is 2. The van der Waals surface area contributed by atoms with Crippen LogP contribution < -0.4 is 0 Å². The molecule has 10 heavy (non-hydrogen) atoms. The molecule has 1 aliphatic carbocycles. The largest absolute Gasteiger partial charge is 0.481 e. The van der Waals surface area contributed by atoms with Crippen molar-refractivity contribution in [1.29, 1.82) is 0 Å². The van der Waals surface area contributed by atoms with E-state index in [1.807, 2.05) is 0 Å². The molecule has 1 aliphatic rings. The normalized spacial score (nSPS) is 38.4. The molecule has 0 radical (unpaired) electrons. The van der Waals surface area contributed by atoms with Gasteiger partial charge in [0.05, 0.1) is 12.1 Å². The van der Waals surface area contributed by atoms with Gasteiger partial charge in [-0.05, 0) is 13.1 Å². The van der Waals surface area contributed by atoms with Gasteiger partial charge in [0.15, 0.2) is 0 Å². The average molecular weight is 143 g/mol. The van der Waals surface area contributed by atoms with Crippen molar-refractivity contribution in [3.8, 4) is 0 Å². The van der Waals surface area contributed by atoms with Gasteiger partial charge < -0.3 is 10.2 Å². The number of nitrogens with zero attached hydrogens (tertiary/aromatic N) is 1. The van der Waals surface area contributed by atoms with Gasteiger partial charge in [-0.15, -0.1) is 0 Å². The van der Waals surface area contributed by atoms with Gasteiger partial charge in [0, 0.05) is 0 Å². The van der Waals surface area contributed by atoms with Crippen molar-refractivity contribution >= 4 is 12.2 Å². The Hall–Kier alpha value is -0.900. The molecule has 1 fully saturated rings. The molecule has 0 aliphatic heterocycles. The van der Waals surface area contributed by atoms with Crippen LogP contribution in [0.3, 0.4) is 0 Å². The molecule has 0 heterocycles. The van der Waals surface area contributed by atoms with Crippen LogP contribution >= 0.6 is 0 Å². The van der Waals surface area contributed by atoms with E-state index in [-0.39, 0.29) is 0 Å². The SMILES string of the molecule is CC=NC1C(O)C1C(=O)O. The summed E-state index contributed by atoms with van der Waals surface area (Å²) in [5.41, 5.74) is 0. The van der Waals surface area contributed by atoms with E-state index in [4.69, 9.17) is 10.2 Å². The summed E-state index contributed by atoms with van der Waals surface area (Å²) in [6, 6.07) is -0.400. The topological polar surface area (TPSA) is 69.9 Å². The van der Waals surface area contributed by atoms with Crippen molar-refractivity contribution in [2.75, 3.05) is 0 Å². The number of aliphatic hydroxyl groups excluding tert-OH is 1. The zero-order valence-corrected chi connectivity index (χ0v) is 5.56. The predicted molar refractivity (Wildman–Crippen MR) is 35.1 cm³/mol. The first-order valence-electron chi connectivity index (χ1n) is 3.07. The van der Waals surface area contributed by atoms with Gasteiger partial charge >= 0.3 is 5.97 Å². The van der Waals surface area contributed by atoms with E-state index in [0.29, 0.717) is 0 Å². The number of carboxylic acids is 1. The maximum absolute atomic E-state index is 10.2. The van der Waals surface area contributed by atoms with Gasteiger partial charge in [-0.1, -0.05) is 0 Å². The van der Waals surface area contributed by atoms with Crippen molar-refractivity contribution in [3.05, 3.63) is 0 Å². The fraction of sp³-hybridized carbons (Fsp3) is 0.667. The van der Waals surface area contributed by atoms with Crippen molar-refractivity contribution in [2.45, 2.75) is 19.1 Å². The fourth-order valence-corrected chi connectivity index (χ4v) is 0.925. The molecule has 4 nitrogen and oxygen atoms in total. The second-order valence-corrected chi connectivity index (χ2v) is 2.25. The highest BCUT2D eigenvalue weighted by atomic mass is 16.4. The van der Waals surface area contributed by atoms with E-state index in [1.165, 1.54) is 6.21 Å². The van der Waals surface area contributed by atoms with Crippen LogP contribution in [-0.2, 0) is 4.79 Å². The highest BCUT2D eigenvalue weighted by Crippen LogP contribution is 2.34. The van der Waals surface area contributed by atoms with Crippen LogP contribution in [0.4, 0.5) is 0 Å². The number of carbonyl (C=O) groups is 1. The first kappa shape index (κ1) is 7.21. The standard InChI is InChI=1S/C6H9NO3/c1-2-7-4-3(5(4)8)6(9)10/h2-5,8H,1H3,(H,9,10). The van der Waals surface area contributed by atoms with Gasteiger partial charge in [0.25, 0.3) is 0 Å². The van der Waals surface area contributed by atoms with Crippen LogP contribution in [0.15, 0.2) is 4.99 Å². The zero-order chi connectivity index (χ0) is 7.72. The lowest BCUT2D eigenvalue weighted by Gasteiger charge is -1.82. The lowest BCUT2D eigenvalue weighted by molar-refractivity contribution is -0.139. The number of hydrogen-bond acceptors (Lipinski definition) is 3. The molecule has 4 heteroatoms. The maximum Gasteiger partial charge on any atom is 0.311 e. The van der Waals surface area contributed by atoms with Gasteiger partial charge in [-0.2, -0.15) is 0 Å². The summed E-state index contributed by atoms with van der Waals surface area (Å²) in [7, 11) is 0. The van der Waals surface area contributed by atoms with Crippen LogP contribution in [0.2, 0.25) is 0 Å². The van der Waals surface area contributed by atoms with Gasteiger partial charge in [0.2, 0.25) is 0 Å². The third kappa shape index (κ3) is 1.02. The Balaban J connectivity index is 2.49. The molecule has 1 saturated carbocycles. The smallest absolute Gasteiger partial charge is 0.311 e. The van der Waals surface area contributed by atoms with Crippen molar-refractivity contribution < 1.29 is 15.0 Å². The molecule has 0 aromatic rings. The van der Waals surface area contributed by atoms with E-state index >= 15 is 0 Å². The molecule has 0 saturated heterocycles. The summed E-state index contributed by atoms with van der Waals surface area (Å²) in [4.78, 5) is 14.0. The van der Waals surface area contributed by atoms with Gasteiger partial charge in [-0.3, -0.25) is 9.79 Å². The third-order valence-corrected chi connectivity index (χ3v) is 1.55. The molecule has 1 rings (SSSR count). The van der Waals surface area contributed by atoms with E-state index in [1.54, 1.807) is 6.92 Å². The predicted octanol–water partition coefficient (Wildman–Crippen LogP) is -0.479. The lowest BCUT2D eigenvalue weighted by atomic mass is 10.4. The first-order valence-corrected chi connectivity index (χ1v) is 3.07. The zero-order valence-electron chi connectivity index (χ0n) is 5.56. The Kier molecular flexibility index (Phi) is 1.72. The second kappa shape index (κ2) is 2.38. The highest BCUT2D eigenvalue weighted by molar-refractivity contribution is 5.76. The molecule has 3 unspecified atom stereocenters. The molecule has 0 amide bonds. The monoisotopic (exact) mass is 143 g/mol. The van der Waals surface area contributed by atoms with Crippen molar-refractivity contribution in [2.24, 2.45) is 10.9 Å². The summed E-state index contributed by atoms with van der Waals surface area (Å²) in [6.45, 7) is 1.70. The third-order valence-electron chi connectivity index (χ3n) is 1.55. The minimum atomic E-state index is -0.969. The Morgan fingerprint density at radius 3 is 2.60 bits per heavy atom. The van der Waals surface area contributed by atoms with E-state index in [9.17, 15) is 4.79 Å². The first-order chi connectivity index (χ1) is 4.68. The summed E-state index contributed by atoms with van der Waals surface area (Å²) in [6.07, 6.45) is 0.741. The summed E-state index contributed by atoms with van der Waals surface area (Å²) in [5, 5.41) is 17.3. The Morgan fingerprint density at radius 2 is 2.30 bits per heavy atom. The number of aliphatic imine (C=N–C) groups is 1. The Bertz CT molecular complexity index is 178. The second-order valence-electron chi connectivity index (χ2n) is 2.25. The molecule has 2 N–H and O–H groups in total. The summed E-state index contributed by atoms with van der Waals surface area (Å²) in [5.74, 6) is -1.64. The van der Waals surface area contributed by atoms with Crippen LogP contribution in [-0.4, -0.2) is 34.5 Å². The number of carboxylic acid groups (broad SMARTS) is 1. The quantitative estimate of drug-likeness (QED) is 0.513. The van der Waals surface area contributed by atoms with E-state index in [0.717, 1.165) is 0 Å². The molecule has 0 aromatic carbocycles. The van der Waals surface area contributed by atoms with Crippen molar-refractivity contribution in [3.63, 3.8) is 0 Å². The van der Waals surface area contributed by atoms with Crippen LogP contribution in [0.5, 0.6) is 0 Å². The number of aliphatic carboxylic acids is 1. The molecule has 3 atom stereocenters. The van der Waals surface area contributed by atoms with Crippen LogP contribution in [0, 0.1) is 5.92 Å². The summed E-state index contributed by atoms with van der Waals surface area (Å²) < 4.78 is 0. The van der Waals surface area contributed by atoms with E-state index in [2.05, 4.69) is 4.99 Å². The van der Waals surface area contributed by atoms with Gasteiger partial charge in [0.1, 0.15) is 5.92 Å². The minimum Gasteiger partial charge on any atom is -0.481 e. The van der Waals surface area contributed by atoms with Crippen molar-refractivity contribution in [1.82, 2.24) is 0 Å². The molecule has 0 bridgehead atoms. The molecular formula is C6H9NO3. The molecule has 0 spiro atoms. The maximum atomic E-state index is 10.2. The lowest BCUT2D eigenvalue weighted by Crippen LogP contribution is -2.01. The minimum absolute atomic E-state index is 0.400. The van der Waals surface area contributed by atoms with Crippen LogP contribution in [0.1, 0.15) is 6.92 Å². The molecule has 0 aromatic heterocycles. The number of aliphatic hydroxyl groups is 1.